The van der Waals surface area contributed by atoms with Gasteiger partial charge in [0.2, 0.25) is 0 Å². The van der Waals surface area contributed by atoms with Gasteiger partial charge in [0, 0.05) is 19.6 Å². The molecule has 2 N–H and O–H groups in total. The van der Waals surface area contributed by atoms with E-state index in [9.17, 15) is 19.2 Å². The zero-order valence-corrected chi connectivity index (χ0v) is 19.4. The van der Waals surface area contributed by atoms with Crippen molar-refractivity contribution >= 4 is 23.9 Å². The lowest BCUT2D eigenvalue weighted by atomic mass is 10.2. The van der Waals surface area contributed by atoms with Gasteiger partial charge in [-0.3, -0.25) is 19.7 Å². The zero-order chi connectivity index (χ0) is 24.3. The summed E-state index contributed by atoms with van der Waals surface area (Å²) in [6.45, 7) is 5.63. The van der Waals surface area contributed by atoms with Gasteiger partial charge >= 0.3 is 18.0 Å². The minimum atomic E-state index is -1.08. The highest BCUT2D eigenvalue weighted by Gasteiger charge is 2.26. The Morgan fingerprint density at radius 3 is 2.33 bits per heavy atom. The molecular weight excluding hydrogens is 430 g/mol. The highest BCUT2D eigenvalue weighted by atomic mass is 16.6. The molecule has 1 aromatic carbocycles. The van der Waals surface area contributed by atoms with E-state index in [1.54, 1.807) is 25.7 Å². The number of ether oxygens (including phenoxy) is 3. The molecule has 0 aliphatic carbocycles. The Hall–Kier alpha value is -3.14. The highest BCUT2D eigenvalue weighted by molar-refractivity contribution is 5.83. The number of likely N-dealkylation sites (tertiary alicyclic amines) is 1. The van der Waals surface area contributed by atoms with E-state index in [-0.39, 0.29) is 25.6 Å². The number of nitrogens with zero attached hydrogens (tertiary/aromatic N) is 1. The molecule has 33 heavy (non-hydrogen) atoms. The van der Waals surface area contributed by atoms with Gasteiger partial charge in [-0.1, -0.05) is 30.3 Å². The summed E-state index contributed by atoms with van der Waals surface area (Å²) in [5, 5.41) is 5.20. The molecule has 1 aromatic rings. The average molecular weight is 464 g/mol. The number of hydrogen-bond donors (Lipinski definition) is 2. The Labute approximate surface area is 193 Å². The number of hydrogen-bond acceptors (Lipinski definition) is 8. The van der Waals surface area contributed by atoms with E-state index in [4.69, 9.17) is 14.2 Å². The van der Waals surface area contributed by atoms with Crippen LogP contribution in [-0.2, 0) is 35.2 Å². The highest BCUT2D eigenvalue weighted by Crippen LogP contribution is 2.08. The van der Waals surface area contributed by atoms with Gasteiger partial charge in [-0.05, 0) is 39.2 Å². The lowest BCUT2D eigenvalue weighted by molar-refractivity contribution is -0.153. The summed E-state index contributed by atoms with van der Waals surface area (Å²) in [4.78, 5) is 50.4. The van der Waals surface area contributed by atoms with Crippen LogP contribution in [0.1, 0.15) is 39.2 Å². The largest absolute Gasteiger partial charge is 0.460 e. The van der Waals surface area contributed by atoms with Crippen molar-refractivity contribution in [1.29, 1.82) is 0 Å². The van der Waals surface area contributed by atoms with Gasteiger partial charge in [0.25, 0.3) is 5.91 Å². The van der Waals surface area contributed by atoms with Crippen LogP contribution in [0.5, 0.6) is 0 Å². The average Bonchev–Trinajstić information content (AvgIpc) is 3.30. The fourth-order valence-electron chi connectivity index (χ4n) is 3.03. The third kappa shape index (κ3) is 10.3. The number of esters is 2. The van der Waals surface area contributed by atoms with Crippen molar-refractivity contribution in [3.05, 3.63) is 35.9 Å². The van der Waals surface area contributed by atoms with Crippen LogP contribution < -0.4 is 10.6 Å². The van der Waals surface area contributed by atoms with Crippen molar-refractivity contribution in [2.24, 2.45) is 0 Å². The molecule has 0 aromatic heterocycles. The monoisotopic (exact) mass is 463 g/mol. The molecule has 0 spiro atoms. The van der Waals surface area contributed by atoms with Gasteiger partial charge in [-0.2, -0.15) is 0 Å². The second kappa shape index (κ2) is 12.8. The molecule has 0 unspecified atom stereocenters. The molecule has 1 atom stereocenters. The van der Waals surface area contributed by atoms with Crippen LogP contribution in [0.15, 0.2) is 30.3 Å². The second-order valence-electron chi connectivity index (χ2n) is 8.66. The molecular formula is C23H33N3O7. The zero-order valence-electron chi connectivity index (χ0n) is 19.4. The van der Waals surface area contributed by atoms with Gasteiger partial charge in [-0.25, -0.2) is 4.79 Å². The minimum absolute atomic E-state index is 0.0942. The normalized spacial score (nSPS) is 14.3. The molecule has 1 heterocycles. The predicted octanol–water partition coefficient (Wildman–Crippen LogP) is 1.38. The van der Waals surface area contributed by atoms with E-state index < -0.39 is 36.3 Å². The van der Waals surface area contributed by atoms with Crippen LogP contribution in [0.4, 0.5) is 4.79 Å². The Morgan fingerprint density at radius 1 is 1.03 bits per heavy atom. The summed E-state index contributed by atoms with van der Waals surface area (Å²) >= 11 is 0. The van der Waals surface area contributed by atoms with Crippen LogP contribution >= 0.6 is 0 Å². The third-order valence-electron chi connectivity index (χ3n) is 4.67. The quantitative estimate of drug-likeness (QED) is 0.394. The molecule has 0 saturated carbocycles. The van der Waals surface area contributed by atoms with Gasteiger partial charge in [0.05, 0.1) is 6.54 Å². The molecule has 1 fully saturated rings. The van der Waals surface area contributed by atoms with Crippen molar-refractivity contribution in [3.63, 3.8) is 0 Å². The topological polar surface area (TPSA) is 123 Å². The van der Waals surface area contributed by atoms with Crippen molar-refractivity contribution in [3.8, 4) is 0 Å². The molecule has 0 radical (unpaired) electrons. The van der Waals surface area contributed by atoms with Gasteiger partial charge < -0.3 is 24.4 Å². The van der Waals surface area contributed by atoms with Gasteiger partial charge in [-0.15, -0.1) is 0 Å². The van der Waals surface area contributed by atoms with Gasteiger partial charge in [0.1, 0.15) is 18.2 Å². The number of amides is 2. The fraction of sp³-hybridized carbons (Fsp3) is 0.565. The van der Waals surface area contributed by atoms with E-state index in [1.807, 2.05) is 30.3 Å². The van der Waals surface area contributed by atoms with Crippen LogP contribution in [0.25, 0.3) is 0 Å². The summed E-state index contributed by atoms with van der Waals surface area (Å²) in [6, 6.07) is 8.09. The first-order valence-corrected chi connectivity index (χ1v) is 11.0. The van der Waals surface area contributed by atoms with E-state index in [1.165, 1.54) is 0 Å². The third-order valence-corrected chi connectivity index (χ3v) is 4.67. The Balaban J connectivity index is 1.86. The van der Waals surface area contributed by atoms with Crippen LogP contribution in [0.2, 0.25) is 0 Å². The molecule has 1 aliphatic heterocycles. The van der Waals surface area contributed by atoms with Crippen molar-refractivity contribution in [2.45, 2.75) is 51.9 Å². The van der Waals surface area contributed by atoms with Crippen molar-refractivity contribution in [1.82, 2.24) is 15.5 Å². The lowest BCUT2D eigenvalue weighted by Crippen LogP contribution is -2.49. The number of nitrogens with one attached hydrogen (secondary N) is 2. The van der Waals surface area contributed by atoms with Crippen molar-refractivity contribution < 1.29 is 33.4 Å². The molecule has 10 heteroatoms. The van der Waals surface area contributed by atoms with Gasteiger partial charge in [0.15, 0.2) is 6.61 Å². The summed E-state index contributed by atoms with van der Waals surface area (Å²) in [5.41, 5.74) is 0.116. The molecule has 182 valence electrons. The summed E-state index contributed by atoms with van der Waals surface area (Å²) < 4.78 is 15.5. The second-order valence-corrected chi connectivity index (χ2v) is 8.66. The van der Waals surface area contributed by atoms with E-state index in [0.717, 1.165) is 18.4 Å². The first kappa shape index (κ1) is 26.1. The maximum Gasteiger partial charge on any atom is 0.407 e. The standard InChI is InChI=1S/C23H33N3O7/c1-23(2,3)33-22(30)25-13-18(21(29)32-16-19(27)26-11-7-8-12-26)24-14-20(28)31-15-17-9-5-4-6-10-17/h4-6,9-10,18,24H,7-8,11-16H2,1-3H3,(H,25,30)/t18-/m1/s1. The summed E-state index contributed by atoms with van der Waals surface area (Å²) in [7, 11) is 0. The molecule has 2 rings (SSSR count). The molecule has 10 nitrogen and oxygen atoms in total. The maximum absolute atomic E-state index is 12.6. The number of rotatable bonds is 10. The fourth-order valence-corrected chi connectivity index (χ4v) is 3.03. The smallest absolute Gasteiger partial charge is 0.407 e. The lowest BCUT2D eigenvalue weighted by Gasteiger charge is -2.22. The summed E-state index contributed by atoms with van der Waals surface area (Å²) in [5.74, 6) is -1.63. The SMILES string of the molecule is CC(C)(C)OC(=O)NC[C@@H](NCC(=O)OCc1ccccc1)C(=O)OCC(=O)N1CCCC1. The molecule has 0 bridgehead atoms. The maximum atomic E-state index is 12.6. The minimum Gasteiger partial charge on any atom is -0.460 e. The molecule has 1 saturated heterocycles. The van der Waals surface area contributed by atoms with Crippen LogP contribution in [0, 0.1) is 0 Å². The number of carbonyl (C=O) groups is 4. The van der Waals surface area contributed by atoms with Crippen molar-refractivity contribution in [2.75, 3.05) is 32.8 Å². The molecule has 2 amide bonds. The Bertz CT molecular complexity index is 802. The van der Waals surface area contributed by atoms with E-state index >= 15 is 0 Å². The Morgan fingerprint density at radius 2 is 1.70 bits per heavy atom. The molecule has 1 aliphatic rings. The first-order valence-electron chi connectivity index (χ1n) is 11.0. The van der Waals surface area contributed by atoms with E-state index in [2.05, 4.69) is 10.6 Å². The first-order chi connectivity index (χ1) is 15.6. The van der Waals surface area contributed by atoms with Crippen LogP contribution in [0.3, 0.4) is 0 Å². The number of carbonyl (C=O) groups excluding carboxylic acids is 4. The Kier molecular flexibility index (Phi) is 10.1. The van der Waals surface area contributed by atoms with Crippen LogP contribution in [-0.4, -0.2) is 73.3 Å². The number of alkyl carbamates (subject to hydrolysis) is 1. The summed E-state index contributed by atoms with van der Waals surface area (Å²) in [6.07, 6.45) is 1.13. The number of benzene rings is 1. The van der Waals surface area contributed by atoms with E-state index in [0.29, 0.717) is 13.1 Å². The predicted molar refractivity (Wildman–Crippen MR) is 119 cm³/mol.